The fourth-order valence-electron chi connectivity index (χ4n) is 2.40. The Balaban J connectivity index is 2.14. The van der Waals surface area contributed by atoms with Gasteiger partial charge in [-0.15, -0.1) is 0 Å². The quantitative estimate of drug-likeness (QED) is 0.736. The highest BCUT2D eigenvalue weighted by atomic mass is 16.5. The minimum atomic E-state index is -0.558. The van der Waals surface area contributed by atoms with Crippen molar-refractivity contribution in [2.45, 2.75) is 39.0 Å². The lowest BCUT2D eigenvalue weighted by molar-refractivity contribution is 0.105. The van der Waals surface area contributed by atoms with Gasteiger partial charge in [-0.3, -0.25) is 0 Å². The third kappa shape index (κ3) is 4.19. The number of ether oxygens (including phenoxy) is 1. The van der Waals surface area contributed by atoms with Crippen LogP contribution < -0.4 is 10.1 Å². The van der Waals surface area contributed by atoms with Crippen molar-refractivity contribution in [2.24, 2.45) is 0 Å². The molecule has 2 aromatic rings. The van der Waals surface area contributed by atoms with Crippen LogP contribution in [0.3, 0.4) is 0 Å². The lowest BCUT2D eigenvalue weighted by Gasteiger charge is -2.17. The first kappa shape index (κ1) is 16.7. The van der Waals surface area contributed by atoms with Gasteiger partial charge in [0, 0.05) is 18.0 Å². The van der Waals surface area contributed by atoms with E-state index in [4.69, 9.17) is 4.74 Å². The molecule has 0 bridgehead atoms. The maximum atomic E-state index is 9.95. The largest absolute Gasteiger partial charge is 0.490 e. The zero-order chi connectivity index (χ0) is 16.1. The van der Waals surface area contributed by atoms with Crippen molar-refractivity contribution in [3.63, 3.8) is 0 Å². The second-order valence-corrected chi connectivity index (χ2v) is 5.90. The van der Waals surface area contributed by atoms with E-state index in [9.17, 15) is 10.2 Å². The molecule has 0 fully saturated rings. The van der Waals surface area contributed by atoms with Gasteiger partial charge in [0.15, 0.2) is 0 Å². The summed E-state index contributed by atoms with van der Waals surface area (Å²) < 4.78 is 5.78. The molecule has 0 radical (unpaired) electrons. The lowest BCUT2D eigenvalue weighted by atomic mass is 10.0. The molecule has 0 unspecified atom stereocenters. The molecule has 2 atom stereocenters. The van der Waals surface area contributed by atoms with Crippen LogP contribution in [0.25, 0.3) is 10.8 Å². The second kappa shape index (κ2) is 7.58. The van der Waals surface area contributed by atoms with Crippen molar-refractivity contribution in [1.82, 2.24) is 5.32 Å². The molecular formula is C18H25NO3. The van der Waals surface area contributed by atoms with Crippen LogP contribution in [0, 0.1) is 0 Å². The number of fused-ring (bicyclic) bond motifs is 1. The summed E-state index contributed by atoms with van der Waals surface area (Å²) in [5, 5.41) is 24.9. The summed E-state index contributed by atoms with van der Waals surface area (Å²) >= 11 is 0. The third-order valence-electron chi connectivity index (χ3n) is 3.56. The van der Waals surface area contributed by atoms with E-state index in [0.29, 0.717) is 12.6 Å². The number of hydrogen-bond donors (Lipinski definition) is 3. The molecule has 3 N–H and O–H groups in total. The summed E-state index contributed by atoms with van der Waals surface area (Å²) in [6.07, 6.45) is -1.09. The average Bonchev–Trinajstić information content (AvgIpc) is 2.50. The van der Waals surface area contributed by atoms with Gasteiger partial charge < -0.3 is 20.3 Å². The number of aliphatic hydroxyl groups is 2. The molecule has 0 aliphatic carbocycles. The lowest BCUT2D eigenvalue weighted by Crippen LogP contribution is -2.35. The standard InChI is InChI=1S/C18H25NO3/c1-12(2)19-10-14(21)11-22-18-9-8-15(13(3)20)16-6-4-5-7-17(16)18/h4-9,12-14,19-21H,10-11H2,1-3H3/t13-,14-/m1/s1. The summed E-state index contributed by atoms with van der Waals surface area (Å²) in [5.74, 6) is 0.726. The average molecular weight is 303 g/mol. The van der Waals surface area contributed by atoms with Gasteiger partial charge in [0.2, 0.25) is 0 Å². The van der Waals surface area contributed by atoms with E-state index in [1.807, 2.05) is 50.2 Å². The molecule has 2 rings (SSSR count). The van der Waals surface area contributed by atoms with Crippen molar-refractivity contribution in [3.05, 3.63) is 42.0 Å². The van der Waals surface area contributed by atoms with Crippen molar-refractivity contribution in [1.29, 1.82) is 0 Å². The Kier molecular flexibility index (Phi) is 5.77. The molecule has 4 nitrogen and oxygen atoms in total. The SMILES string of the molecule is CC(C)NC[C@@H](O)COc1ccc([C@@H](C)O)c2ccccc12. The molecule has 0 saturated heterocycles. The van der Waals surface area contributed by atoms with Gasteiger partial charge in [0.25, 0.3) is 0 Å². The first-order valence-corrected chi connectivity index (χ1v) is 7.73. The highest BCUT2D eigenvalue weighted by molar-refractivity contribution is 5.91. The Hall–Kier alpha value is -1.62. The second-order valence-electron chi connectivity index (χ2n) is 5.90. The summed E-state index contributed by atoms with van der Waals surface area (Å²) in [6, 6.07) is 11.9. The van der Waals surface area contributed by atoms with E-state index in [0.717, 1.165) is 22.1 Å². The molecule has 4 heteroatoms. The monoisotopic (exact) mass is 303 g/mol. The summed E-state index contributed by atoms with van der Waals surface area (Å²) in [7, 11) is 0. The predicted octanol–water partition coefficient (Wildman–Crippen LogP) is 2.63. The van der Waals surface area contributed by atoms with E-state index in [1.54, 1.807) is 6.92 Å². The van der Waals surface area contributed by atoms with E-state index >= 15 is 0 Å². The Morgan fingerprint density at radius 3 is 2.32 bits per heavy atom. The summed E-state index contributed by atoms with van der Waals surface area (Å²) in [6.45, 7) is 6.56. The van der Waals surface area contributed by atoms with Crippen LogP contribution in [0.4, 0.5) is 0 Å². The maximum absolute atomic E-state index is 9.95. The van der Waals surface area contributed by atoms with Crippen molar-refractivity contribution >= 4 is 10.8 Å². The van der Waals surface area contributed by atoms with Crippen molar-refractivity contribution < 1.29 is 14.9 Å². The molecule has 0 aromatic heterocycles. The van der Waals surface area contributed by atoms with Crippen molar-refractivity contribution in [3.8, 4) is 5.75 Å². The predicted molar refractivity (Wildman–Crippen MR) is 89.2 cm³/mol. The van der Waals surface area contributed by atoms with Gasteiger partial charge in [-0.05, 0) is 23.9 Å². The number of hydrogen-bond acceptors (Lipinski definition) is 4. The highest BCUT2D eigenvalue weighted by Gasteiger charge is 2.12. The first-order chi connectivity index (χ1) is 10.5. The smallest absolute Gasteiger partial charge is 0.127 e. The van der Waals surface area contributed by atoms with Crippen LogP contribution in [0.2, 0.25) is 0 Å². The molecule has 0 spiro atoms. The third-order valence-corrected chi connectivity index (χ3v) is 3.56. The Bertz CT molecular complexity index is 610. The number of aliphatic hydroxyl groups excluding tert-OH is 2. The molecule has 2 aromatic carbocycles. The van der Waals surface area contributed by atoms with Gasteiger partial charge in [-0.1, -0.05) is 44.2 Å². The van der Waals surface area contributed by atoms with Crippen LogP contribution in [0.1, 0.15) is 32.4 Å². The van der Waals surface area contributed by atoms with Gasteiger partial charge in [0.05, 0.1) is 6.10 Å². The molecule has 120 valence electrons. The van der Waals surface area contributed by atoms with Crippen LogP contribution in [-0.4, -0.2) is 35.5 Å². The fraction of sp³-hybridized carbons (Fsp3) is 0.444. The molecule has 22 heavy (non-hydrogen) atoms. The van der Waals surface area contributed by atoms with Crippen LogP contribution in [0.15, 0.2) is 36.4 Å². The molecule has 0 saturated carbocycles. The van der Waals surface area contributed by atoms with E-state index in [-0.39, 0.29) is 6.61 Å². The topological polar surface area (TPSA) is 61.7 Å². The number of nitrogens with one attached hydrogen (secondary N) is 1. The first-order valence-electron chi connectivity index (χ1n) is 7.73. The van der Waals surface area contributed by atoms with Crippen LogP contribution in [-0.2, 0) is 0 Å². The Morgan fingerprint density at radius 2 is 1.68 bits per heavy atom. The van der Waals surface area contributed by atoms with E-state index in [2.05, 4.69) is 5.32 Å². The molecule has 0 aliphatic rings. The molecule has 0 heterocycles. The highest BCUT2D eigenvalue weighted by Crippen LogP contribution is 2.31. The van der Waals surface area contributed by atoms with E-state index < -0.39 is 12.2 Å². The number of benzene rings is 2. The zero-order valence-corrected chi connectivity index (χ0v) is 13.4. The molecule has 0 aliphatic heterocycles. The minimum Gasteiger partial charge on any atom is -0.490 e. The van der Waals surface area contributed by atoms with Gasteiger partial charge in [-0.25, -0.2) is 0 Å². The summed E-state index contributed by atoms with van der Waals surface area (Å²) in [4.78, 5) is 0. The fourth-order valence-corrected chi connectivity index (χ4v) is 2.40. The Labute approximate surface area is 131 Å². The van der Waals surface area contributed by atoms with Gasteiger partial charge in [-0.2, -0.15) is 0 Å². The molecular weight excluding hydrogens is 278 g/mol. The van der Waals surface area contributed by atoms with Crippen LogP contribution in [0.5, 0.6) is 5.75 Å². The number of rotatable bonds is 7. The van der Waals surface area contributed by atoms with Gasteiger partial charge >= 0.3 is 0 Å². The minimum absolute atomic E-state index is 0.234. The maximum Gasteiger partial charge on any atom is 0.127 e. The Morgan fingerprint density at radius 1 is 1.00 bits per heavy atom. The van der Waals surface area contributed by atoms with Crippen molar-refractivity contribution in [2.75, 3.05) is 13.2 Å². The normalized spacial score (nSPS) is 14.3. The molecule has 0 amide bonds. The van der Waals surface area contributed by atoms with Crippen LogP contribution >= 0.6 is 0 Å². The summed E-state index contributed by atoms with van der Waals surface area (Å²) in [5.41, 5.74) is 0.880. The zero-order valence-electron chi connectivity index (χ0n) is 13.4. The van der Waals surface area contributed by atoms with Gasteiger partial charge in [0.1, 0.15) is 18.5 Å². The van der Waals surface area contributed by atoms with E-state index in [1.165, 1.54) is 0 Å².